The molecule has 0 unspecified atom stereocenters. The molecule has 1 atom stereocenters. The van der Waals surface area contributed by atoms with Gasteiger partial charge in [-0.05, 0) is 109 Å². The highest BCUT2D eigenvalue weighted by atomic mass is 16.5. The van der Waals surface area contributed by atoms with Gasteiger partial charge in [0.1, 0.15) is 11.8 Å². The van der Waals surface area contributed by atoms with Gasteiger partial charge in [-0.2, -0.15) is 0 Å². The SMILES string of the molecule is COc1ccc(CN(Cc2cccnc2)[C@@H](c2cc3cc(C)c(C)cc3[nH]c2=O)c2nnnn2C(C)(C)C)cc1. The number of hydrogen-bond acceptors (Lipinski definition) is 7. The Morgan fingerprint density at radius 2 is 1.73 bits per heavy atom. The standard InChI is InChI=1S/C31H35N7O2/c1-20-14-24-16-26(30(39)33-27(24)15-21(20)2)28(29-34-35-36-38(29)31(3,4)5)37(19-23-8-7-13-32-17-23)18-22-9-11-25(40-6)12-10-22/h7-17,28H,18-19H2,1-6H3,(H,33,39)/t28-/m0/s1. The average molecular weight is 538 g/mol. The first-order valence-corrected chi connectivity index (χ1v) is 13.3. The first kappa shape index (κ1) is 27.2. The number of H-pyrrole nitrogens is 1. The summed E-state index contributed by atoms with van der Waals surface area (Å²) in [6.07, 6.45) is 3.61. The summed E-state index contributed by atoms with van der Waals surface area (Å²) in [5, 5.41) is 13.9. The van der Waals surface area contributed by atoms with Gasteiger partial charge < -0.3 is 9.72 Å². The predicted molar refractivity (Wildman–Crippen MR) is 155 cm³/mol. The lowest BCUT2D eigenvalue weighted by atomic mass is 9.99. The van der Waals surface area contributed by atoms with Crippen LogP contribution in [0.2, 0.25) is 0 Å². The lowest BCUT2D eigenvalue weighted by Gasteiger charge is -2.33. The first-order valence-electron chi connectivity index (χ1n) is 13.3. The number of aromatic amines is 1. The Morgan fingerprint density at radius 1 is 1.00 bits per heavy atom. The summed E-state index contributed by atoms with van der Waals surface area (Å²) in [6, 6.07) is 17.5. The molecule has 0 spiro atoms. The van der Waals surface area contributed by atoms with Crippen molar-refractivity contribution in [1.29, 1.82) is 0 Å². The molecule has 1 N–H and O–H groups in total. The second-order valence-electron chi connectivity index (χ2n) is 11.2. The van der Waals surface area contributed by atoms with Crippen LogP contribution in [0, 0.1) is 13.8 Å². The van der Waals surface area contributed by atoms with Gasteiger partial charge in [0, 0.05) is 36.6 Å². The predicted octanol–water partition coefficient (Wildman–Crippen LogP) is 5.08. The molecule has 0 aliphatic heterocycles. The summed E-state index contributed by atoms with van der Waals surface area (Å²) >= 11 is 0. The molecule has 0 amide bonds. The molecule has 9 heteroatoms. The summed E-state index contributed by atoms with van der Waals surface area (Å²) < 4.78 is 7.19. The third-order valence-electron chi connectivity index (χ3n) is 7.17. The molecule has 40 heavy (non-hydrogen) atoms. The third kappa shape index (κ3) is 5.65. The number of hydrogen-bond donors (Lipinski definition) is 1. The van der Waals surface area contributed by atoms with E-state index < -0.39 is 11.6 Å². The molecule has 2 aromatic carbocycles. The number of pyridine rings is 2. The van der Waals surface area contributed by atoms with Crippen molar-refractivity contribution >= 4 is 10.9 Å². The summed E-state index contributed by atoms with van der Waals surface area (Å²) in [4.78, 5) is 23.5. The summed E-state index contributed by atoms with van der Waals surface area (Å²) in [5.41, 5.74) is 5.17. The minimum absolute atomic E-state index is 0.171. The molecule has 3 heterocycles. The molecule has 0 fully saturated rings. The van der Waals surface area contributed by atoms with E-state index in [-0.39, 0.29) is 5.56 Å². The van der Waals surface area contributed by atoms with Crippen LogP contribution >= 0.6 is 0 Å². The highest BCUT2D eigenvalue weighted by Gasteiger charge is 2.33. The van der Waals surface area contributed by atoms with Crippen LogP contribution in [-0.2, 0) is 18.6 Å². The van der Waals surface area contributed by atoms with Crippen LogP contribution in [0.5, 0.6) is 5.75 Å². The average Bonchev–Trinajstić information content (AvgIpc) is 3.42. The number of benzene rings is 2. The molecule has 0 aliphatic rings. The first-order chi connectivity index (χ1) is 19.1. The molecule has 3 aromatic heterocycles. The van der Waals surface area contributed by atoms with Crippen molar-refractivity contribution in [2.24, 2.45) is 0 Å². The van der Waals surface area contributed by atoms with E-state index in [0.717, 1.165) is 38.9 Å². The van der Waals surface area contributed by atoms with Crippen molar-refractivity contribution in [3.05, 3.63) is 111 Å². The highest BCUT2D eigenvalue weighted by Crippen LogP contribution is 2.32. The van der Waals surface area contributed by atoms with E-state index in [1.807, 2.05) is 66.3 Å². The fourth-order valence-electron chi connectivity index (χ4n) is 4.97. The largest absolute Gasteiger partial charge is 0.497 e. The van der Waals surface area contributed by atoms with E-state index in [0.29, 0.717) is 24.5 Å². The number of aromatic nitrogens is 6. The molecule has 9 nitrogen and oxygen atoms in total. The van der Waals surface area contributed by atoms with Gasteiger partial charge in [0.05, 0.1) is 12.6 Å². The molecule has 0 bridgehead atoms. The van der Waals surface area contributed by atoms with Gasteiger partial charge in [-0.1, -0.05) is 18.2 Å². The molecule has 0 radical (unpaired) electrons. The van der Waals surface area contributed by atoms with Crippen LogP contribution in [0.15, 0.2) is 71.8 Å². The second kappa shape index (κ2) is 11.0. The number of tetrazole rings is 1. The Kier molecular flexibility index (Phi) is 7.49. The molecular weight excluding hydrogens is 502 g/mol. The van der Waals surface area contributed by atoms with E-state index in [1.165, 1.54) is 0 Å². The van der Waals surface area contributed by atoms with Gasteiger partial charge in [-0.3, -0.25) is 14.7 Å². The van der Waals surface area contributed by atoms with E-state index in [4.69, 9.17) is 4.74 Å². The number of methoxy groups -OCH3 is 1. The number of aryl methyl sites for hydroxylation is 2. The lowest BCUT2D eigenvalue weighted by Crippen LogP contribution is -2.37. The zero-order valence-corrected chi connectivity index (χ0v) is 23.8. The van der Waals surface area contributed by atoms with E-state index in [9.17, 15) is 4.79 Å². The zero-order valence-electron chi connectivity index (χ0n) is 23.8. The van der Waals surface area contributed by atoms with Crippen LogP contribution in [0.4, 0.5) is 0 Å². The molecule has 0 saturated carbocycles. The topological polar surface area (TPSA) is 102 Å². The Labute approximate surface area is 233 Å². The third-order valence-corrected chi connectivity index (χ3v) is 7.17. The normalized spacial score (nSPS) is 12.7. The van der Waals surface area contributed by atoms with Gasteiger partial charge >= 0.3 is 0 Å². The van der Waals surface area contributed by atoms with Crippen molar-refractivity contribution < 1.29 is 4.74 Å². The van der Waals surface area contributed by atoms with E-state index in [1.54, 1.807) is 13.3 Å². The summed E-state index contributed by atoms with van der Waals surface area (Å²) in [6.45, 7) is 11.3. The number of rotatable bonds is 8. The minimum Gasteiger partial charge on any atom is -0.497 e. The van der Waals surface area contributed by atoms with Crippen molar-refractivity contribution in [1.82, 2.24) is 35.1 Å². The van der Waals surface area contributed by atoms with Crippen LogP contribution < -0.4 is 10.3 Å². The zero-order chi connectivity index (χ0) is 28.4. The summed E-state index contributed by atoms with van der Waals surface area (Å²) in [7, 11) is 1.65. The monoisotopic (exact) mass is 537 g/mol. The van der Waals surface area contributed by atoms with Gasteiger partial charge in [0.15, 0.2) is 5.82 Å². The molecule has 0 aliphatic carbocycles. The fraction of sp³-hybridized carbons (Fsp3) is 0.323. The minimum atomic E-state index is -0.550. The van der Waals surface area contributed by atoms with Crippen LogP contribution in [0.25, 0.3) is 10.9 Å². The maximum Gasteiger partial charge on any atom is 0.253 e. The van der Waals surface area contributed by atoms with Crippen molar-refractivity contribution in [2.75, 3.05) is 7.11 Å². The van der Waals surface area contributed by atoms with Gasteiger partial charge in [-0.25, -0.2) is 4.68 Å². The quantitative estimate of drug-likeness (QED) is 0.294. The van der Waals surface area contributed by atoms with Crippen molar-refractivity contribution in [3.63, 3.8) is 0 Å². The van der Waals surface area contributed by atoms with Crippen LogP contribution in [0.3, 0.4) is 0 Å². The Balaban J connectivity index is 1.72. The van der Waals surface area contributed by atoms with E-state index in [2.05, 4.69) is 64.2 Å². The van der Waals surface area contributed by atoms with Gasteiger partial charge in [0.2, 0.25) is 0 Å². The molecule has 206 valence electrons. The maximum absolute atomic E-state index is 13.8. The Hall–Kier alpha value is -4.37. The maximum atomic E-state index is 13.8. The number of ether oxygens (including phenoxy) is 1. The molecule has 5 rings (SSSR count). The summed E-state index contributed by atoms with van der Waals surface area (Å²) in [5.74, 6) is 1.38. The van der Waals surface area contributed by atoms with Crippen molar-refractivity contribution in [3.8, 4) is 5.75 Å². The highest BCUT2D eigenvalue weighted by molar-refractivity contribution is 5.81. The number of fused-ring (bicyclic) bond motifs is 1. The molecule has 5 aromatic rings. The van der Waals surface area contributed by atoms with E-state index >= 15 is 0 Å². The van der Waals surface area contributed by atoms with Crippen LogP contribution in [0.1, 0.15) is 60.5 Å². The number of nitrogens with zero attached hydrogens (tertiary/aromatic N) is 6. The smallest absolute Gasteiger partial charge is 0.253 e. The molecule has 0 saturated heterocycles. The lowest BCUT2D eigenvalue weighted by molar-refractivity contribution is 0.184. The Morgan fingerprint density at radius 3 is 2.40 bits per heavy atom. The molecular formula is C31H35N7O2. The van der Waals surface area contributed by atoms with Gasteiger partial charge in [-0.15, -0.1) is 5.10 Å². The Bertz CT molecular complexity index is 1670. The number of nitrogens with one attached hydrogen (secondary N) is 1. The van der Waals surface area contributed by atoms with Crippen molar-refractivity contribution in [2.45, 2.75) is 59.3 Å². The fourth-order valence-corrected chi connectivity index (χ4v) is 4.97. The van der Waals surface area contributed by atoms with Crippen LogP contribution in [-0.4, -0.2) is 42.2 Å². The van der Waals surface area contributed by atoms with Gasteiger partial charge in [0.25, 0.3) is 5.56 Å². The second-order valence-corrected chi connectivity index (χ2v) is 11.2.